The van der Waals surface area contributed by atoms with Gasteiger partial charge in [0.05, 0.1) is 13.0 Å². The fourth-order valence-electron chi connectivity index (χ4n) is 4.58. The first-order valence-corrected chi connectivity index (χ1v) is 13.7. The number of amides is 2. The van der Waals surface area contributed by atoms with E-state index >= 15 is 0 Å². The van der Waals surface area contributed by atoms with Crippen LogP contribution >= 0.6 is 12.2 Å². The van der Waals surface area contributed by atoms with Gasteiger partial charge in [-0.3, -0.25) is 14.5 Å². The second-order valence-corrected chi connectivity index (χ2v) is 9.80. The number of benzene rings is 3. The standard InChI is InChI=1S/C31H35N3O3S/c1-2-22-37-27-17-15-26(16-18-27)32-29(35)23-28-30(36)34(21-19-25-12-7-4-8-13-25)31(38)33(28)20-9-14-24-10-5-3-6-11-24/h3-8,10-13,15-18,28H,2,9,14,19-23H2,1H3,(H,32,35). The molecular formula is C31H35N3O3S. The summed E-state index contributed by atoms with van der Waals surface area (Å²) in [4.78, 5) is 30.1. The molecule has 0 aliphatic carbocycles. The smallest absolute Gasteiger partial charge is 0.252 e. The van der Waals surface area contributed by atoms with Crippen molar-refractivity contribution in [2.24, 2.45) is 0 Å². The van der Waals surface area contributed by atoms with Crippen molar-refractivity contribution < 1.29 is 14.3 Å². The number of ether oxygens (including phenoxy) is 1. The molecule has 3 aromatic carbocycles. The normalized spacial score (nSPS) is 15.1. The second kappa shape index (κ2) is 13.7. The van der Waals surface area contributed by atoms with Crippen LogP contribution in [0.4, 0.5) is 5.69 Å². The first kappa shape index (κ1) is 27.3. The van der Waals surface area contributed by atoms with Crippen molar-refractivity contribution in [3.8, 4) is 5.75 Å². The van der Waals surface area contributed by atoms with Gasteiger partial charge in [0.25, 0.3) is 5.91 Å². The summed E-state index contributed by atoms with van der Waals surface area (Å²) >= 11 is 5.78. The molecule has 1 fully saturated rings. The fraction of sp³-hybridized carbons (Fsp3) is 0.323. The van der Waals surface area contributed by atoms with Gasteiger partial charge in [0, 0.05) is 18.8 Å². The molecule has 1 aliphatic rings. The van der Waals surface area contributed by atoms with Crippen LogP contribution in [0.5, 0.6) is 5.75 Å². The highest BCUT2D eigenvalue weighted by atomic mass is 32.1. The number of nitrogens with one attached hydrogen (secondary N) is 1. The van der Waals surface area contributed by atoms with Crippen LogP contribution in [-0.2, 0) is 22.4 Å². The van der Waals surface area contributed by atoms with Crippen molar-refractivity contribution in [3.63, 3.8) is 0 Å². The van der Waals surface area contributed by atoms with E-state index in [-0.39, 0.29) is 18.2 Å². The predicted octanol–water partition coefficient (Wildman–Crippen LogP) is 5.48. The Balaban J connectivity index is 1.41. The Hall–Kier alpha value is -3.71. The third-order valence-electron chi connectivity index (χ3n) is 6.57. The van der Waals surface area contributed by atoms with Gasteiger partial charge in [0.1, 0.15) is 11.8 Å². The zero-order chi connectivity index (χ0) is 26.7. The zero-order valence-corrected chi connectivity index (χ0v) is 22.7. The molecule has 1 saturated heterocycles. The van der Waals surface area contributed by atoms with Crippen molar-refractivity contribution in [2.75, 3.05) is 25.0 Å². The zero-order valence-electron chi connectivity index (χ0n) is 21.8. The van der Waals surface area contributed by atoms with Crippen molar-refractivity contribution in [2.45, 2.75) is 45.1 Å². The number of hydrogen-bond acceptors (Lipinski definition) is 4. The highest BCUT2D eigenvalue weighted by Crippen LogP contribution is 2.23. The number of rotatable bonds is 13. The molecule has 4 rings (SSSR count). The number of aryl methyl sites for hydroxylation is 1. The minimum absolute atomic E-state index is 0.0419. The van der Waals surface area contributed by atoms with E-state index in [0.717, 1.165) is 30.6 Å². The van der Waals surface area contributed by atoms with E-state index in [9.17, 15) is 9.59 Å². The van der Waals surface area contributed by atoms with E-state index in [4.69, 9.17) is 17.0 Å². The van der Waals surface area contributed by atoms with Crippen LogP contribution in [0.2, 0.25) is 0 Å². The summed E-state index contributed by atoms with van der Waals surface area (Å²) in [5.74, 6) is 0.440. The maximum absolute atomic E-state index is 13.5. The second-order valence-electron chi connectivity index (χ2n) is 9.43. The summed E-state index contributed by atoms with van der Waals surface area (Å²) in [6.07, 6.45) is 3.39. The van der Waals surface area contributed by atoms with Crippen LogP contribution < -0.4 is 10.1 Å². The third-order valence-corrected chi connectivity index (χ3v) is 7.02. The quantitative estimate of drug-likeness (QED) is 0.297. The van der Waals surface area contributed by atoms with Crippen molar-refractivity contribution in [3.05, 3.63) is 96.1 Å². The number of nitrogens with zero attached hydrogens (tertiary/aromatic N) is 2. The van der Waals surface area contributed by atoms with Gasteiger partial charge in [0.2, 0.25) is 5.91 Å². The Morgan fingerprint density at radius 2 is 1.53 bits per heavy atom. The molecule has 0 bridgehead atoms. The Bertz CT molecular complexity index is 1200. The van der Waals surface area contributed by atoms with Crippen molar-refractivity contribution >= 4 is 34.8 Å². The molecule has 1 aliphatic heterocycles. The minimum atomic E-state index is -0.610. The molecule has 198 valence electrons. The molecule has 2 amide bonds. The summed E-state index contributed by atoms with van der Waals surface area (Å²) in [5, 5.41) is 3.44. The van der Waals surface area contributed by atoms with Crippen LogP contribution in [0.25, 0.3) is 0 Å². The number of hydrogen-bond donors (Lipinski definition) is 1. The van der Waals surface area contributed by atoms with Crippen LogP contribution in [0, 0.1) is 0 Å². The van der Waals surface area contributed by atoms with Crippen molar-refractivity contribution in [1.29, 1.82) is 0 Å². The van der Waals surface area contributed by atoms with Gasteiger partial charge in [-0.25, -0.2) is 0 Å². The monoisotopic (exact) mass is 529 g/mol. The van der Waals surface area contributed by atoms with E-state index in [2.05, 4.69) is 24.4 Å². The Morgan fingerprint density at radius 1 is 0.895 bits per heavy atom. The number of thiocarbonyl (C=S) groups is 1. The van der Waals surface area contributed by atoms with E-state index in [1.807, 2.05) is 77.7 Å². The summed E-state index contributed by atoms with van der Waals surface area (Å²) in [7, 11) is 0. The Morgan fingerprint density at radius 3 is 2.16 bits per heavy atom. The maximum atomic E-state index is 13.5. The molecule has 0 spiro atoms. The maximum Gasteiger partial charge on any atom is 0.252 e. The van der Waals surface area contributed by atoms with Gasteiger partial charge in [0.15, 0.2) is 5.11 Å². The predicted molar refractivity (Wildman–Crippen MR) is 155 cm³/mol. The van der Waals surface area contributed by atoms with Crippen LogP contribution in [-0.4, -0.2) is 52.5 Å². The SMILES string of the molecule is CCCOc1ccc(NC(=O)CC2C(=O)N(CCc3ccccc3)C(=S)N2CCCc2ccccc2)cc1. The summed E-state index contributed by atoms with van der Waals surface area (Å²) in [6.45, 7) is 3.81. The third kappa shape index (κ3) is 7.42. The van der Waals surface area contributed by atoms with E-state index in [0.29, 0.717) is 36.9 Å². The largest absolute Gasteiger partial charge is 0.494 e. The van der Waals surface area contributed by atoms with Gasteiger partial charge in [-0.15, -0.1) is 0 Å². The Labute approximate surface area is 230 Å². The van der Waals surface area contributed by atoms with Crippen LogP contribution in [0.3, 0.4) is 0 Å². The van der Waals surface area contributed by atoms with Gasteiger partial charge in [-0.05, 0) is 73.3 Å². The minimum Gasteiger partial charge on any atom is -0.494 e. The summed E-state index contributed by atoms with van der Waals surface area (Å²) in [5.41, 5.74) is 3.06. The molecule has 1 atom stereocenters. The molecule has 3 aromatic rings. The molecule has 38 heavy (non-hydrogen) atoms. The fourth-order valence-corrected chi connectivity index (χ4v) is 4.98. The topological polar surface area (TPSA) is 61.9 Å². The highest BCUT2D eigenvalue weighted by molar-refractivity contribution is 7.80. The average molecular weight is 530 g/mol. The first-order valence-electron chi connectivity index (χ1n) is 13.3. The summed E-state index contributed by atoms with van der Waals surface area (Å²) in [6, 6.07) is 27.0. The molecule has 0 aromatic heterocycles. The summed E-state index contributed by atoms with van der Waals surface area (Å²) < 4.78 is 5.61. The van der Waals surface area contributed by atoms with Crippen LogP contribution in [0.15, 0.2) is 84.9 Å². The van der Waals surface area contributed by atoms with E-state index in [1.54, 1.807) is 4.90 Å². The van der Waals surface area contributed by atoms with Crippen molar-refractivity contribution in [1.82, 2.24) is 9.80 Å². The number of carbonyl (C=O) groups is 2. The molecule has 1 unspecified atom stereocenters. The van der Waals surface area contributed by atoms with Gasteiger partial charge < -0.3 is 15.0 Å². The lowest BCUT2D eigenvalue weighted by atomic mass is 10.1. The van der Waals surface area contributed by atoms with Gasteiger partial charge in [-0.1, -0.05) is 67.6 Å². The molecular weight excluding hydrogens is 494 g/mol. The van der Waals surface area contributed by atoms with Gasteiger partial charge >= 0.3 is 0 Å². The lowest BCUT2D eigenvalue weighted by Gasteiger charge is -2.24. The van der Waals surface area contributed by atoms with Gasteiger partial charge in [-0.2, -0.15) is 0 Å². The number of anilines is 1. The molecule has 7 heteroatoms. The molecule has 1 heterocycles. The average Bonchev–Trinajstić information content (AvgIpc) is 3.16. The first-order chi connectivity index (χ1) is 18.5. The lowest BCUT2D eigenvalue weighted by molar-refractivity contribution is -0.130. The Kier molecular flexibility index (Phi) is 9.87. The molecule has 1 N–H and O–H groups in total. The van der Waals surface area contributed by atoms with E-state index < -0.39 is 6.04 Å². The lowest BCUT2D eigenvalue weighted by Crippen LogP contribution is -2.38. The highest BCUT2D eigenvalue weighted by Gasteiger charge is 2.42. The molecule has 6 nitrogen and oxygen atoms in total. The number of carbonyl (C=O) groups excluding carboxylic acids is 2. The van der Waals surface area contributed by atoms with Crippen LogP contribution in [0.1, 0.15) is 37.3 Å². The van der Waals surface area contributed by atoms with E-state index in [1.165, 1.54) is 5.56 Å². The molecule has 0 saturated carbocycles. The molecule has 0 radical (unpaired) electrons.